The minimum Gasteiger partial charge on any atom is -0.387 e. The molecule has 6 heteroatoms. The van der Waals surface area contributed by atoms with E-state index in [9.17, 15) is 4.79 Å². The molecule has 2 heterocycles. The summed E-state index contributed by atoms with van der Waals surface area (Å²) < 4.78 is 1.91. The van der Waals surface area contributed by atoms with Crippen LogP contribution in [0.25, 0.3) is 5.70 Å². The molecule has 1 aliphatic rings. The number of aromatic nitrogens is 2. The van der Waals surface area contributed by atoms with Gasteiger partial charge in [0.05, 0.1) is 18.3 Å². The van der Waals surface area contributed by atoms with Gasteiger partial charge in [0.2, 0.25) is 5.91 Å². The maximum absolute atomic E-state index is 11.3. The number of carbonyl (C=O) groups is 1. The Hall–Kier alpha value is -2.89. The van der Waals surface area contributed by atoms with Crippen molar-refractivity contribution in [2.75, 3.05) is 0 Å². The van der Waals surface area contributed by atoms with Gasteiger partial charge in [0.15, 0.2) is 0 Å². The van der Waals surface area contributed by atoms with Gasteiger partial charge in [-0.05, 0) is 12.1 Å². The molecule has 100 valence electrons. The quantitative estimate of drug-likeness (QED) is 0.839. The maximum Gasteiger partial charge on any atom is 0.248 e. The van der Waals surface area contributed by atoms with E-state index in [0.29, 0.717) is 17.8 Å². The van der Waals surface area contributed by atoms with Crippen LogP contribution in [-0.4, -0.2) is 21.3 Å². The number of amidine groups is 1. The lowest BCUT2D eigenvalue weighted by Gasteiger charge is -2.10. The van der Waals surface area contributed by atoms with Gasteiger partial charge in [0.25, 0.3) is 0 Å². The van der Waals surface area contributed by atoms with Crippen molar-refractivity contribution in [3.05, 3.63) is 59.8 Å². The predicted molar refractivity (Wildman–Crippen MR) is 75.9 cm³/mol. The number of hydrogen-bond acceptors (Lipinski definition) is 4. The Labute approximate surface area is 115 Å². The highest BCUT2D eigenvalue weighted by Gasteiger charge is 2.14. The van der Waals surface area contributed by atoms with Crippen LogP contribution in [0.2, 0.25) is 0 Å². The molecule has 1 aliphatic heterocycles. The first-order chi connectivity index (χ1) is 9.65. The normalized spacial score (nSPS) is 14.0. The molecule has 1 amide bonds. The molecule has 0 spiro atoms. The zero-order valence-electron chi connectivity index (χ0n) is 10.7. The van der Waals surface area contributed by atoms with Crippen molar-refractivity contribution in [2.24, 2.45) is 16.5 Å². The SMILES string of the molecule is NC(=O)c1cccc(C2=CN=C(N)Cc3nccn32)c1. The molecule has 0 radical (unpaired) electrons. The molecule has 1 aromatic carbocycles. The van der Waals surface area contributed by atoms with Crippen molar-refractivity contribution in [2.45, 2.75) is 6.42 Å². The van der Waals surface area contributed by atoms with E-state index in [0.717, 1.165) is 17.1 Å². The van der Waals surface area contributed by atoms with Crippen LogP contribution < -0.4 is 11.5 Å². The summed E-state index contributed by atoms with van der Waals surface area (Å²) in [4.78, 5) is 19.8. The molecule has 1 aromatic heterocycles. The lowest BCUT2D eigenvalue weighted by molar-refractivity contribution is 0.100. The molecule has 0 saturated heterocycles. The Morgan fingerprint density at radius 1 is 1.35 bits per heavy atom. The van der Waals surface area contributed by atoms with E-state index in [-0.39, 0.29) is 0 Å². The summed E-state index contributed by atoms with van der Waals surface area (Å²) in [6, 6.07) is 7.08. The summed E-state index contributed by atoms with van der Waals surface area (Å²) >= 11 is 0. The highest BCUT2D eigenvalue weighted by molar-refractivity contribution is 5.94. The minimum atomic E-state index is -0.463. The van der Waals surface area contributed by atoms with Crippen LogP contribution in [0.4, 0.5) is 0 Å². The molecule has 0 bridgehead atoms. The van der Waals surface area contributed by atoms with Crippen LogP contribution in [0, 0.1) is 0 Å². The molecular weight excluding hydrogens is 254 g/mol. The van der Waals surface area contributed by atoms with Gasteiger partial charge in [-0.1, -0.05) is 12.1 Å². The van der Waals surface area contributed by atoms with Crippen molar-refractivity contribution >= 4 is 17.4 Å². The van der Waals surface area contributed by atoms with Gasteiger partial charge in [0.1, 0.15) is 11.7 Å². The number of carbonyl (C=O) groups excluding carboxylic acids is 1. The topological polar surface area (TPSA) is 99.3 Å². The van der Waals surface area contributed by atoms with E-state index in [4.69, 9.17) is 11.5 Å². The number of amides is 1. The largest absolute Gasteiger partial charge is 0.387 e. The average Bonchev–Trinajstić information content (AvgIpc) is 2.81. The van der Waals surface area contributed by atoms with Gasteiger partial charge in [0, 0.05) is 23.5 Å². The zero-order chi connectivity index (χ0) is 14.1. The number of imidazole rings is 1. The fourth-order valence-corrected chi connectivity index (χ4v) is 2.14. The van der Waals surface area contributed by atoms with Gasteiger partial charge in [-0.3, -0.25) is 4.79 Å². The first-order valence-electron chi connectivity index (χ1n) is 6.10. The predicted octanol–water partition coefficient (Wildman–Crippen LogP) is 0.742. The average molecular weight is 267 g/mol. The lowest BCUT2D eigenvalue weighted by Crippen LogP contribution is -2.15. The highest BCUT2D eigenvalue weighted by Crippen LogP contribution is 2.22. The second-order valence-electron chi connectivity index (χ2n) is 4.47. The molecule has 20 heavy (non-hydrogen) atoms. The third-order valence-corrected chi connectivity index (χ3v) is 3.11. The Bertz CT molecular complexity index is 742. The monoisotopic (exact) mass is 267 g/mol. The van der Waals surface area contributed by atoms with Gasteiger partial charge in [-0.15, -0.1) is 0 Å². The number of rotatable bonds is 2. The van der Waals surface area contributed by atoms with Crippen molar-refractivity contribution in [1.29, 1.82) is 0 Å². The highest BCUT2D eigenvalue weighted by atomic mass is 16.1. The Morgan fingerprint density at radius 2 is 2.20 bits per heavy atom. The van der Waals surface area contributed by atoms with Crippen molar-refractivity contribution in [3.8, 4) is 0 Å². The van der Waals surface area contributed by atoms with Gasteiger partial charge in [-0.25, -0.2) is 9.98 Å². The third-order valence-electron chi connectivity index (χ3n) is 3.11. The lowest BCUT2D eigenvalue weighted by atomic mass is 10.1. The fraction of sp³-hybridized carbons (Fsp3) is 0.0714. The first-order valence-corrected chi connectivity index (χ1v) is 6.10. The Morgan fingerprint density at radius 3 is 3.00 bits per heavy atom. The molecule has 6 nitrogen and oxygen atoms in total. The number of nitrogens with two attached hydrogens (primary N) is 2. The van der Waals surface area contributed by atoms with Crippen LogP contribution >= 0.6 is 0 Å². The first kappa shape index (κ1) is 12.2. The summed E-state index contributed by atoms with van der Waals surface area (Å²) in [7, 11) is 0. The van der Waals surface area contributed by atoms with E-state index >= 15 is 0 Å². The molecule has 4 N–H and O–H groups in total. The molecule has 3 rings (SSSR count). The van der Waals surface area contributed by atoms with E-state index in [1.54, 1.807) is 30.6 Å². The smallest absolute Gasteiger partial charge is 0.248 e. The molecule has 2 aromatic rings. The van der Waals surface area contributed by atoms with Crippen LogP contribution in [0.15, 0.2) is 47.9 Å². The zero-order valence-corrected chi connectivity index (χ0v) is 10.7. The van der Waals surface area contributed by atoms with Crippen LogP contribution in [0.3, 0.4) is 0 Å². The Kier molecular flexibility index (Phi) is 2.83. The summed E-state index contributed by atoms with van der Waals surface area (Å²) in [5.41, 5.74) is 13.2. The van der Waals surface area contributed by atoms with Gasteiger partial charge < -0.3 is 16.0 Å². The van der Waals surface area contributed by atoms with Crippen LogP contribution in [0.1, 0.15) is 21.7 Å². The molecule has 0 atom stereocenters. The maximum atomic E-state index is 11.3. The van der Waals surface area contributed by atoms with E-state index in [1.165, 1.54) is 0 Å². The van der Waals surface area contributed by atoms with Crippen LogP contribution in [0.5, 0.6) is 0 Å². The molecule has 0 unspecified atom stereocenters. The van der Waals surface area contributed by atoms with Crippen molar-refractivity contribution in [3.63, 3.8) is 0 Å². The van der Waals surface area contributed by atoms with E-state index in [1.807, 2.05) is 16.8 Å². The molecular formula is C14H13N5O. The second kappa shape index (κ2) is 4.65. The third kappa shape index (κ3) is 2.07. The van der Waals surface area contributed by atoms with Gasteiger partial charge in [-0.2, -0.15) is 0 Å². The fourth-order valence-electron chi connectivity index (χ4n) is 2.14. The number of benzene rings is 1. The van der Waals surface area contributed by atoms with Crippen molar-refractivity contribution in [1.82, 2.24) is 9.55 Å². The number of aliphatic imine (C=N–C) groups is 1. The molecule has 0 aliphatic carbocycles. The van der Waals surface area contributed by atoms with Crippen LogP contribution in [-0.2, 0) is 6.42 Å². The number of fused-ring (bicyclic) bond motifs is 1. The van der Waals surface area contributed by atoms with Gasteiger partial charge >= 0.3 is 0 Å². The van der Waals surface area contributed by atoms with E-state index in [2.05, 4.69) is 9.98 Å². The summed E-state index contributed by atoms with van der Waals surface area (Å²) in [5.74, 6) is 0.841. The number of nitrogens with zero attached hydrogens (tertiary/aromatic N) is 3. The summed E-state index contributed by atoms with van der Waals surface area (Å²) in [6.07, 6.45) is 5.71. The van der Waals surface area contributed by atoms with E-state index < -0.39 is 5.91 Å². The summed E-state index contributed by atoms with van der Waals surface area (Å²) in [5, 5.41) is 0. The standard InChI is InChI=1S/C14H13N5O/c15-12-7-13-17-4-5-19(13)11(8-18-12)9-2-1-3-10(6-9)14(16)20/h1-6,8H,7H2,(H2,15,18)(H2,16,20). The number of primary amides is 1. The second-order valence-corrected chi connectivity index (χ2v) is 4.47. The number of hydrogen-bond donors (Lipinski definition) is 2. The Balaban J connectivity index is 2.15. The summed E-state index contributed by atoms with van der Waals surface area (Å²) in [6.45, 7) is 0. The molecule has 0 saturated carbocycles. The molecule has 0 fully saturated rings. The van der Waals surface area contributed by atoms with Crippen molar-refractivity contribution < 1.29 is 4.79 Å². The minimum absolute atomic E-state index is 0.450.